The van der Waals surface area contributed by atoms with Gasteiger partial charge in [-0.15, -0.1) is 0 Å². The van der Waals surface area contributed by atoms with Crippen LogP contribution >= 0.6 is 0 Å². The minimum absolute atomic E-state index is 1.29. The van der Waals surface area contributed by atoms with Crippen molar-refractivity contribution in [3.8, 4) is 0 Å². The molecule has 2 aliphatic rings. The van der Waals surface area contributed by atoms with Gasteiger partial charge < -0.3 is 0 Å². The normalized spacial score (nSPS) is 20.9. The summed E-state index contributed by atoms with van der Waals surface area (Å²) in [5.74, 6) is 0. The summed E-state index contributed by atoms with van der Waals surface area (Å²) in [6.07, 6.45) is 28.2. The van der Waals surface area contributed by atoms with Crippen LogP contribution in [0.5, 0.6) is 0 Å². The third-order valence-corrected chi connectivity index (χ3v) is 27.7. The Hall–Kier alpha value is 0.799. The minimum atomic E-state index is -2.03. The Bertz CT molecular complexity index is 280. The topological polar surface area (TPSA) is 0 Å². The van der Waals surface area contributed by atoms with Gasteiger partial charge in [0.05, 0.1) is 0 Å². The molecule has 2 saturated carbocycles. The Balaban J connectivity index is 2.09. The maximum atomic E-state index is 2.38. The zero-order valence-electron chi connectivity index (χ0n) is 17.8. The molecule has 1 heteroatoms. The molecule has 0 spiro atoms. The molecule has 0 unspecified atom stereocenters. The first-order valence-electron chi connectivity index (χ1n) is 12.3. The van der Waals surface area contributed by atoms with Gasteiger partial charge in [0.25, 0.3) is 0 Å². The van der Waals surface area contributed by atoms with Crippen molar-refractivity contribution in [1.29, 1.82) is 0 Å². The Labute approximate surface area is 164 Å². The van der Waals surface area contributed by atoms with Gasteiger partial charge in [0.2, 0.25) is 0 Å². The van der Waals surface area contributed by atoms with Crippen molar-refractivity contribution in [1.82, 2.24) is 0 Å². The van der Waals surface area contributed by atoms with E-state index in [2.05, 4.69) is 13.8 Å². The Kier molecular flexibility index (Phi) is 11.5. The summed E-state index contributed by atoms with van der Waals surface area (Å²) in [4.78, 5) is 0. The number of hydrogen-bond acceptors (Lipinski definition) is 0. The van der Waals surface area contributed by atoms with E-state index in [1.165, 1.54) is 33.6 Å². The van der Waals surface area contributed by atoms with Gasteiger partial charge in [0.15, 0.2) is 0 Å². The zero-order valence-corrected chi connectivity index (χ0v) is 20.7. The van der Waals surface area contributed by atoms with E-state index in [1.807, 2.05) is 0 Å². The summed E-state index contributed by atoms with van der Waals surface area (Å²) >= 11 is -2.03. The fraction of sp³-hybridized carbons (Fsp3) is 1.00. The summed E-state index contributed by atoms with van der Waals surface area (Å²) in [6.45, 7) is 4.76. The third kappa shape index (κ3) is 7.04. The molecule has 0 saturated heterocycles. The van der Waals surface area contributed by atoms with Crippen LogP contribution in [0.2, 0.25) is 16.7 Å². The van der Waals surface area contributed by atoms with Crippen LogP contribution in [0.4, 0.5) is 0 Å². The van der Waals surface area contributed by atoms with E-state index < -0.39 is 18.4 Å². The molecule has 0 bridgehead atoms. The van der Waals surface area contributed by atoms with Crippen LogP contribution in [0.1, 0.15) is 129 Å². The van der Waals surface area contributed by atoms with E-state index in [9.17, 15) is 0 Å². The third-order valence-electron chi connectivity index (χ3n) is 7.83. The van der Waals surface area contributed by atoms with Crippen molar-refractivity contribution in [2.45, 2.75) is 146 Å². The fourth-order valence-electron chi connectivity index (χ4n) is 6.39. The van der Waals surface area contributed by atoms with Crippen LogP contribution < -0.4 is 0 Å². The summed E-state index contributed by atoms with van der Waals surface area (Å²) in [5.41, 5.74) is 0. The molecule has 2 fully saturated rings. The van der Waals surface area contributed by atoms with Crippen molar-refractivity contribution in [3.63, 3.8) is 0 Å². The van der Waals surface area contributed by atoms with E-state index in [0.29, 0.717) is 0 Å². The van der Waals surface area contributed by atoms with Crippen LogP contribution in [-0.4, -0.2) is 18.4 Å². The first-order valence-corrected chi connectivity index (χ1v) is 19.7. The standard InChI is InChI=1S/2C6H11.2C6H13.Sn/c2*1-2-4-6-5-3-1;2*1-3-5-6-4-2;/h2*1H,2-6H2;2*1,3-6H2,2H3;. The predicted octanol–water partition coefficient (Wildman–Crippen LogP) is 9.26. The monoisotopic (exact) mass is 456 g/mol. The molecular weight excluding hydrogens is 407 g/mol. The Morgan fingerprint density at radius 2 is 0.920 bits per heavy atom. The first kappa shape index (κ1) is 22.1. The second-order valence-electron chi connectivity index (χ2n) is 9.52. The summed E-state index contributed by atoms with van der Waals surface area (Å²) < 4.78 is 6.15. The van der Waals surface area contributed by atoms with Crippen molar-refractivity contribution >= 4 is 18.4 Å². The van der Waals surface area contributed by atoms with Crippen molar-refractivity contribution in [2.24, 2.45) is 0 Å². The van der Waals surface area contributed by atoms with Gasteiger partial charge in [0, 0.05) is 0 Å². The van der Waals surface area contributed by atoms with Crippen LogP contribution in [0.3, 0.4) is 0 Å². The van der Waals surface area contributed by atoms with Gasteiger partial charge in [-0.3, -0.25) is 0 Å². The summed E-state index contributed by atoms with van der Waals surface area (Å²) in [7, 11) is 0. The van der Waals surface area contributed by atoms with Gasteiger partial charge in [-0.2, -0.15) is 0 Å². The molecule has 148 valence electrons. The molecule has 0 amide bonds. The van der Waals surface area contributed by atoms with Gasteiger partial charge >= 0.3 is 165 Å². The summed E-state index contributed by atoms with van der Waals surface area (Å²) in [5, 5.41) is 0. The molecule has 0 aliphatic heterocycles. The molecular formula is C24H48Sn. The van der Waals surface area contributed by atoms with Gasteiger partial charge in [-0.05, 0) is 0 Å². The number of unbranched alkanes of at least 4 members (excludes halogenated alkanes) is 6. The van der Waals surface area contributed by atoms with E-state index in [-0.39, 0.29) is 0 Å². The second-order valence-corrected chi connectivity index (χ2v) is 24.1. The molecule has 0 aromatic carbocycles. The Morgan fingerprint density at radius 1 is 0.520 bits per heavy atom. The summed E-state index contributed by atoms with van der Waals surface area (Å²) in [6, 6.07) is 0. The van der Waals surface area contributed by atoms with Crippen molar-refractivity contribution in [3.05, 3.63) is 0 Å². The fourth-order valence-corrected chi connectivity index (χ4v) is 27.7. The molecule has 0 atom stereocenters. The van der Waals surface area contributed by atoms with E-state index in [0.717, 1.165) is 0 Å². The van der Waals surface area contributed by atoms with Crippen molar-refractivity contribution < 1.29 is 0 Å². The second kappa shape index (κ2) is 13.1. The predicted molar refractivity (Wildman–Crippen MR) is 117 cm³/mol. The molecule has 2 rings (SSSR count). The van der Waals surface area contributed by atoms with E-state index in [4.69, 9.17) is 0 Å². The van der Waals surface area contributed by atoms with Crippen LogP contribution in [0.25, 0.3) is 0 Å². The van der Waals surface area contributed by atoms with Gasteiger partial charge in [-0.1, -0.05) is 0 Å². The van der Waals surface area contributed by atoms with Crippen molar-refractivity contribution in [2.75, 3.05) is 0 Å². The average molecular weight is 455 g/mol. The molecule has 0 radical (unpaired) electrons. The SMILES string of the molecule is CCCCC[CH2][Sn]([CH2]CCCCC)([CH]1CCCCC1)[CH]1CCCCC1. The molecule has 0 aromatic heterocycles. The molecule has 0 N–H and O–H groups in total. The van der Waals surface area contributed by atoms with E-state index >= 15 is 0 Å². The van der Waals surface area contributed by atoms with E-state index in [1.54, 1.807) is 98.8 Å². The molecule has 25 heavy (non-hydrogen) atoms. The molecule has 0 nitrogen and oxygen atoms in total. The quantitative estimate of drug-likeness (QED) is 0.203. The van der Waals surface area contributed by atoms with Crippen LogP contribution in [-0.2, 0) is 0 Å². The Morgan fingerprint density at radius 3 is 1.28 bits per heavy atom. The van der Waals surface area contributed by atoms with Gasteiger partial charge in [-0.25, -0.2) is 0 Å². The molecule has 0 heterocycles. The molecule has 0 aromatic rings. The van der Waals surface area contributed by atoms with Crippen LogP contribution in [0.15, 0.2) is 0 Å². The number of rotatable bonds is 12. The van der Waals surface area contributed by atoms with Gasteiger partial charge in [0.1, 0.15) is 0 Å². The molecule has 2 aliphatic carbocycles. The van der Waals surface area contributed by atoms with Crippen LogP contribution in [0, 0.1) is 0 Å². The first-order chi connectivity index (χ1) is 12.3. The number of hydrogen-bond donors (Lipinski definition) is 0. The maximum absolute atomic E-state index is 2.38. The zero-order chi connectivity index (χ0) is 17.8. The average Bonchev–Trinajstić information content (AvgIpc) is 2.68.